The van der Waals surface area contributed by atoms with Crippen molar-refractivity contribution in [2.75, 3.05) is 0 Å². The molecule has 0 fully saturated rings. The first kappa shape index (κ1) is 18.7. The first-order valence-corrected chi connectivity index (χ1v) is 8.90. The summed E-state index contributed by atoms with van der Waals surface area (Å²) in [5.41, 5.74) is 2.55. The monoisotopic (exact) mass is 395 g/mol. The van der Waals surface area contributed by atoms with Gasteiger partial charge in [-0.3, -0.25) is 4.79 Å². The van der Waals surface area contributed by atoms with Crippen molar-refractivity contribution in [1.82, 2.24) is 15.3 Å². The minimum Gasteiger partial charge on any atom is -0.341 e. The van der Waals surface area contributed by atoms with Gasteiger partial charge in [-0.15, -0.1) is 0 Å². The minimum atomic E-state index is -2.72. The number of hydrogen-bond acceptors (Lipinski definition) is 2. The molecule has 0 aliphatic carbocycles. The summed E-state index contributed by atoms with van der Waals surface area (Å²) >= 11 is 0. The van der Waals surface area contributed by atoms with E-state index in [1.807, 2.05) is 30.3 Å². The normalized spacial score (nSPS) is 12.3. The molecule has 4 rings (SSSR count). The Bertz CT molecular complexity index is 1140. The van der Waals surface area contributed by atoms with E-state index in [9.17, 15) is 18.0 Å². The number of carbonyl (C=O) groups excluding carboxylic acids is 1. The maximum absolute atomic E-state index is 13.3. The van der Waals surface area contributed by atoms with Gasteiger partial charge in [0.1, 0.15) is 5.82 Å². The van der Waals surface area contributed by atoms with Crippen LogP contribution in [-0.2, 0) is 0 Å². The van der Waals surface area contributed by atoms with Gasteiger partial charge in [0.05, 0.1) is 17.1 Å². The zero-order valence-electron chi connectivity index (χ0n) is 15.1. The second-order valence-electron chi connectivity index (χ2n) is 6.52. The molecule has 4 aromatic rings. The van der Waals surface area contributed by atoms with Crippen LogP contribution in [0.25, 0.3) is 11.0 Å². The van der Waals surface area contributed by atoms with Crippen LogP contribution in [0.5, 0.6) is 0 Å². The Labute approximate surface area is 164 Å². The van der Waals surface area contributed by atoms with Gasteiger partial charge in [-0.25, -0.2) is 18.2 Å². The van der Waals surface area contributed by atoms with Crippen LogP contribution in [-0.4, -0.2) is 15.9 Å². The molecule has 3 aromatic carbocycles. The molecule has 7 heteroatoms. The van der Waals surface area contributed by atoms with Crippen molar-refractivity contribution < 1.29 is 18.0 Å². The Morgan fingerprint density at radius 2 is 1.62 bits per heavy atom. The highest BCUT2D eigenvalue weighted by Crippen LogP contribution is 2.24. The molecule has 1 unspecified atom stereocenters. The lowest BCUT2D eigenvalue weighted by Crippen LogP contribution is -2.29. The number of alkyl halides is 2. The second-order valence-corrected chi connectivity index (χ2v) is 6.52. The molecule has 0 saturated carbocycles. The molecule has 29 heavy (non-hydrogen) atoms. The van der Waals surface area contributed by atoms with Gasteiger partial charge in [-0.2, -0.15) is 0 Å². The van der Waals surface area contributed by atoms with E-state index in [-0.39, 0.29) is 5.82 Å². The van der Waals surface area contributed by atoms with Crippen molar-refractivity contribution >= 4 is 16.9 Å². The highest BCUT2D eigenvalue weighted by Gasteiger charge is 2.19. The van der Waals surface area contributed by atoms with Crippen molar-refractivity contribution in [1.29, 1.82) is 0 Å². The van der Waals surface area contributed by atoms with Gasteiger partial charge >= 0.3 is 0 Å². The van der Waals surface area contributed by atoms with Crippen LogP contribution < -0.4 is 5.32 Å². The zero-order chi connectivity index (χ0) is 20.4. The minimum absolute atomic E-state index is 0.296. The number of aromatic nitrogens is 2. The van der Waals surface area contributed by atoms with Crippen molar-refractivity contribution in [3.05, 3.63) is 101 Å². The third kappa shape index (κ3) is 3.99. The van der Waals surface area contributed by atoms with Gasteiger partial charge in [-0.05, 0) is 41.5 Å². The number of carbonyl (C=O) groups is 1. The summed E-state index contributed by atoms with van der Waals surface area (Å²) in [6, 6.07) is 19.2. The van der Waals surface area contributed by atoms with E-state index in [4.69, 9.17) is 0 Å². The highest BCUT2D eigenvalue weighted by atomic mass is 19.3. The number of rotatable bonds is 5. The van der Waals surface area contributed by atoms with E-state index < -0.39 is 24.2 Å². The summed E-state index contributed by atoms with van der Waals surface area (Å²) < 4.78 is 39.0. The third-order valence-corrected chi connectivity index (χ3v) is 4.58. The Balaban J connectivity index is 1.65. The van der Waals surface area contributed by atoms with E-state index in [2.05, 4.69) is 15.3 Å². The van der Waals surface area contributed by atoms with Gasteiger partial charge in [0.25, 0.3) is 12.3 Å². The van der Waals surface area contributed by atoms with Crippen LogP contribution in [0, 0.1) is 5.82 Å². The summed E-state index contributed by atoms with van der Waals surface area (Å²) in [4.78, 5) is 19.2. The van der Waals surface area contributed by atoms with E-state index >= 15 is 0 Å². The van der Waals surface area contributed by atoms with E-state index in [1.165, 1.54) is 30.3 Å². The van der Waals surface area contributed by atoms with E-state index in [0.29, 0.717) is 22.2 Å². The van der Waals surface area contributed by atoms with Crippen LogP contribution in [0.2, 0.25) is 0 Å². The maximum Gasteiger partial charge on any atom is 0.295 e. The number of benzene rings is 3. The molecule has 0 saturated heterocycles. The third-order valence-electron chi connectivity index (χ3n) is 4.58. The summed E-state index contributed by atoms with van der Waals surface area (Å²) in [6.45, 7) is 0. The summed E-state index contributed by atoms with van der Waals surface area (Å²) in [6.07, 6.45) is -2.72. The van der Waals surface area contributed by atoms with Gasteiger partial charge in [0, 0.05) is 5.56 Å². The van der Waals surface area contributed by atoms with Crippen molar-refractivity contribution in [2.45, 2.75) is 12.5 Å². The highest BCUT2D eigenvalue weighted by molar-refractivity contribution is 5.97. The summed E-state index contributed by atoms with van der Waals surface area (Å²) in [5.74, 6) is -1.20. The first-order chi connectivity index (χ1) is 14.0. The molecule has 0 radical (unpaired) electrons. The van der Waals surface area contributed by atoms with Crippen molar-refractivity contribution in [3.8, 4) is 0 Å². The van der Waals surface area contributed by atoms with Gasteiger partial charge in [0.2, 0.25) is 0 Å². The quantitative estimate of drug-likeness (QED) is 0.490. The van der Waals surface area contributed by atoms with Gasteiger partial charge in [0.15, 0.2) is 5.82 Å². The average Bonchev–Trinajstić information content (AvgIpc) is 3.17. The zero-order valence-corrected chi connectivity index (χ0v) is 15.1. The lowest BCUT2D eigenvalue weighted by Gasteiger charge is -2.20. The SMILES string of the molecule is O=C(NC(c1ccccc1)c1ccc(F)cc1)c1ccc2nc(C(F)F)[nH]c2c1. The second kappa shape index (κ2) is 7.79. The number of fused-ring (bicyclic) bond motifs is 1. The van der Waals surface area contributed by atoms with Crippen LogP contribution >= 0.6 is 0 Å². The van der Waals surface area contributed by atoms with E-state index in [1.54, 1.807) is 12.1 Å². The van der Waals surface area contributed by atoms with Crippen LogP contribution in [0.4, 0.5) is 13.2 Å². The summed E-state index contributed by atoms with van der Waals surface area (Å²) in [7, 11) is 0. The fourth-order valence-electron chi connectivity index (χ4n) is 3.15. The molecular weight excluding hydrogens is 379 g/mol. The topological polar surface area (TPSA) is 57.8 Å². The molecule has 1 aromatic heterocycles. The summed E-state index contributed by atoms with van der Waals surface area (Å²) in [5, 5.41) is 2.94. The molecule has 2 N–H and O–H groups in total. The number of halogens is 3. The Morgan fingerprint density at radius 1 is 0.931 bits per heavy atom. The molecule has 146 valence electrons. The first-order valence-electron chi connectivity index (χ1n) is 8.90. The fraction of sp³-hybridized carbons (Fsp3) is 0.0909. The molecule has 0 spiro atoms. The largest absolute Gasteiger partial charge is 0.341 e. The van der Waals surface area contributed by atoms with Crippen LogP contribution in [0.15, 0.2) is 72.8 Å². The molecule has 0 bridgehead atoms. The molecule has 1 heterocycles. The molecule has 0 aliphatic rings. The number of amides is 1. The van der Waals surface area contributed by atoms with Crippen LogP contribution in [0.1, 0.15) is 39.8 Å². The molecular formula is C22H16F3N3O. The molecule has 1 amide bonds. The predicted molar refractivity (Wildman–Crippen MR) is 103 cm³/mol. The molecule has 1 atom stereocenters. The number of nitrogens with zero attached hydrogens (tertiary/aromatic N) is 1. The number of aromatic amines is 1. The predicted octanol–water partition coefficient (Wildman–Crippen LogP) is 5.16. The van der Waals surface area contributed by atoms with Gasteiger partial charge in [-0.1, -0.05) is 42.5 Å². The number of nitrogens with one attached hydrogen (secondary N) is 2. The van der Waals surface area contributed by atoms with Crippen molar-refractivity contribution in [3.63, 3.8) is 0 Å². The fourth-order valence-corrected chi connectivity index (χ4v) is 3.15. The molecule has 4 nitrogen and oxygen atoms in total. The van der Waals surface area contributed by atoms with Crippen LogP contribution in [0.3, 0.4) is 0 Å². The lowest BCUT2D eigenvalue weighted by molar-refractivity contribution is 0.0943. The lowest BCUT2D eigenvalue weighted by atomic mass is 9.98. The van der Waals surface area contributed by atoms with E-state index in [0.717, 1.165) is 5.56 Å². The van der Waals surface area contributed by atoms with Gasteiger partial charge < -0.3 is 10.3 Å². The standard InChI is InChI=1S/C22H16F3N3O/c23-16-9-6-14(7-10-16)19(13-4-2-1-3-5-13)28-22(29)15-8-11-17-18(12-15)27-21(26-17)20(24)25/h1-12,19-20H,(H,26,27)(H,28,29). The Morgan fingerprint density at radius 3 is 2.31 bits per heavy atom. The van der Waals surface area contributed by atoms with Crippen molar-refractivity contribution in [2.24, 2.45) is 0 Å². The average molecular weight is 395 g/mol. The Hall–Kier alpha value is -3.61. The maximum atomic E-state index is 13.3. The number of hydrogen-bond donors (Lipinski definition) is 2. The molecule has 0 aliphatic heterocycles. The number of H-pyrrole nitrogens is 1. The Kier molecular flexibility index (Phi) is 5.03. The number of imidazole rings is 1. The smallest absolute Gasteiger partial charge is 0.295 e.